The molecule has 27 heavy (non-hydrogen) atoms. The van der Waals surface area contributed by atoms with Crippen LogP contribution in [0, 0.1) is 5.41 Å². The summed E-state index contributed by atoms with van der Waals surface area (Å²) in [5.74, 6) is -1.42. The third-order valence-electron chi connectivity index (χ3n) is 3.88. The van der Waals surface area contributed by atoms with E-state index in [9.17, 15) is 19.5 Å². The molecular weight excluding hydrogens is 352 g/mol. The van der Waals surface area contributed by atoms with Crippen molar-refractivity contribution in [2.45, 2.75) is 46.6 Å². The van der Waals surface area contributed by atoms with Crippen LogP contribution >= 0.6 is 0 Å². The maximum Gasteiger partial charge on any atom is 0.326 e. The molecule has 3 N–H and O–H groups in total. The number of methoxy groups -OCH3 is 2. The maximum atomic E-state index is 12.7. The molecule has 1 unspecified atom stereocenters. The van der Waals surface area contributed by atoms with Crippen molar-refractivity contribution in [2.24, 2.45) is 5.41 Å². The molecule has 0 saturated carbocycles. The van der Waals surface area contributed by atoms with Crippen molar-refractivity contribution in [3.63, 3.8) is 0 Å². The molecule has 0 bridgehead atoms. The van der Waals surface area contributed by atoms with Crippen LogP contribution in [-0.4, -0.2) is 43.2 Å². The molecule has 8 heteroatoms. The molecule has 0 spiro atoms. The van der Waals surface area contributed by atoms with Crippen LogP contribution in [0.15, 0.2) is 12.1 Å². The van der Waals surface area contributed by atoms with Crippen molar-refractivity contribution in [1.29, 1.82) is 0 Å². The average molecular weight is 380 g/mol. The third kappa shape index (κ3) is 5.87. The number of carboxylic acids is 1. The Balaban J connectivity index is 3.34. The summed E-state index contributed by atoms with van der Waals surface area (Å²) in [5.41, 5.74) is -0.384. The highest BCUT2D eigenvalue weighted by Gasteiger charge is 2.26. The average Bonchev–Trinajstić information content (AvgIpc) is 2.59. The molecule has 8 nitrogen and oxygen atoms in total. The zero-order chi connectivity index (χ0) is 20.8. The predicted octanol–water partition coefficient (Wildman–Crippen LogP) is 2.67. The lowest BCUT2D eigenvalue weighted by atomic mass is 9.95. The molecular formula is C19H28N2O6. The smallest absolute Gasteiger partial charge is 0.326 e. The first-order chi connectivity index (χ1) is 12.5. The van der Waals surface area contributed by atoms with Gasteiger partial charge in [-0.25, -0.2) is 4.79 Å². The van der Waals surface area contributed by atoms with Crippen molar-refractivity contribution < 1.29 is 29.0 Å². The number of hydrogen-bond acceptors (Lipinski definition) is 5. The fourth-order valence-electron chi connectivity index (χ4n) is 2.26. The van der Waals surface area contributed by atoms with Gasteiger partial charge in [0.05, 0.1) is 25.5 Å². The van der Waals surface area contributed by atoms with E-state index in [1.807, 2.05) is 6.92 Å². The number of amides is 2. The van der Waals surface area contributed by atoms with E-state index in [1.54, 1.807) is 20.8 Å². The topological polar surface area (TPSA) is 114 Å². The molecule has 1 atom stereocenters. The summed E-state index contributed by atoms with van der Waals surface area (Å²) in [6.07, 6.45) is 0.884. The Kier molecular flexibility index (Phi) is 7.63. The first-order valence-corrected chi connectivity index (χ1v) is 8.66. The zero-order valence-electron chi connectivity index (χ0n) is 16.6. The highest BCUT2D eigenvalue weighted by molar-refractivity contribution is 6.06. The van der Waals surface area contributed by atoms with E-state index < -0.39 is 23.3 Å². The monoisotopic (exact) mass is 380 g/mol. The van der Waals surface area contributed by atoms with Crippen molar-refractivity contribution >= 4 is 23.5 Å². The Morgan fingerprint density at radius 2 is 1.67 bits per heavy atom. The molecule has 0 fully saturated rings. The minimum absolute atomic E-state index is 0.0904. The van der Waals surface area contributed by atoms with E-state index in [4.69, 9.17) is 9.47 Å². The first kappa shape index (κ1) is 22.3. The number of aliphatic carboxylic acids is 1. The predicted molar refractivity (Wildman–Crippen MR) is 101 cm³/mol. The lowest BCUT2D eigenvalue weighted by molar-refractivity contribution is -0.139. The summed E-state index contributed by atoms with van der Waals surface area (Å²) in [4.78, 5) is 36.5. The number of nitrogens with one attached hydrogen (secondary N) is 2. The highest BCUT2D eigenvalue weighted by Crippen LogP contribution is 2.34. The quantitative estimate of drug-likeness (QED) is 0.639. The van der Waals surface area contributed by atoms with Gasteiger partial charge >= 0.3 is 5.97 Å². The molecule has 0 saturated heterocycles. The van der Waals surface area contributed by atoms with E-state index in [-0.39, 0.29) is 23.6 Å². The third-order valence-corrected chi connectivity index (χ3v) is 3.88. The normalized spacial score (nSPS) is 12.1. The molecule has 0 heterocycles. The van der Waals surface area contributed by atoms with E-state index in [2.05, 4.69) is 10.6 Å². The minimum Gasteiger partial charge on any atom is -0.493 e. The van der Waals surface area contributed by atoms with Gasteiger partial charge in [0.15, 0.2) is 11.5 Å². The van der Waals surface area contributed by atoms with E-state index >= 15 is 0 Å². The van der Waals surface area contributed by atoms with Gasteiger partial charge in [0.1, 0.15) is 6.04 Å². The SMILES string of the molecule is CCCC(NC(=O)c1cc(OC)c(OC)cc1NC(=O)C(C)(C)C)C(=O)O. The Hall–Kier alpha value is -2.77. The van der Waals surface area contributed by atoms with Gasteiger partial charge in [-0.15, -0.1) is 0 Å². The fraction of sp³-hybridized carbons (Fsp3) is 0.526. The maximum absolute atomic E-state index is 12.7. The number of rotatable bonds is 8. The van der Waals surface area contributed by atoms with Crippen LogP contribution in [0.4, 0.5) is 5.69 Å². The largest absolute Gasteiger partial charge is 0.493 e. The van der Waals surface area contributed by atoms with Gasteiger partial charge in [0, 0.05) is 11.5 Å². The van der Waals surface area contributed by atoms with Crippen molar-refractivity contribution in [3.8, 4) is 11.5 Å². The molecule has 0 aliphatic heterocycles. The molecule has 0 aromatic heterocycles. The number of anilines is 1. The van der Waals surface area contributed by atoms with Gasteiger partial charge in [-0.2, -0.15) is 0 Å². The van der Waals surface area contributed by atoms with Crippen LogP contribution in [0.1, 0.15) is 50.9 Å². The molecule has 1 aromatic rings. The molecule has 0 radical (unpaired) electrons. The number of carbonyl (C=O) groups excluding carboxylic acids is 2. The van der Waals surface area contributed by atoms with E-state index in [0.29, 0.717) is 17.9 Å². The molecule has 1 rings (SSSR count). The highest BCUT2D eigenvalue weighted by atomic mass is 16.5. The van der Waals surface area contributed by atoms with Crippen LogP contribution in [0.5, 0.6) is 11.5 Å². The summed E-state index contributed by atoms with van der Waals surface area (Å²) < 4.78 is 10.5. The zero-order valence-corrected chi connectivity index (χ0v) is 16.6. The van der Waals surface area contributed by atoms with E-state index in [0.717, 1.165) is 0 Å². The molecule has 150 valence electrons. The second-order valence-electron chi connectivity index (χ2n) is 7.11. The van der Waals surface area contributed by atoms with E-state index in [1.165, 1.54) is 26.4 Å². The minimum atomic E-state index is -1.12. The Morgan fingerprint density at radius 3 is 2.11 bits per heavy atom. The molecule has 2 amide bonds. The van der Waals surface area contributed by atoms with Crippen molar-refractivity contribution in [2.75, 3.05) is 19.5 Å². The van der Waals surface area contributed by atoms with Gasteiger partial charge in [-0.3, -0.25) is 9.59 Å². The number of ether oxygens (including phenoxy) is 2. The second-order valence-corrected chi connectivity index (χ2v) is 7.11. The lowest BCUT2D eigenvalue weighted by Crippen LogP contribution is -2.41. The fourth-order valence-corrected chi connectivity index (χ4v) is 2.26. The standard InChI is InChI=1S/C19H28N2O6/c1-7-8-12(17(23)24)20-16(22)11-9-14(26-5)15(27-6)10-13(11)21-18(25)19(2,3)4/h9-10,12H,7-8H2,1-6H3,(H,20,22)(H,21,25)(H,23,24). The van der Waals surface area contributed by atoms with Crippen LogP contribution in [-0.2, 0) is 9.59 Å². The van der Waals surface area contributed by atoms with Gasteiger partial charge in [-0.1, -0.05) is 34.1 Å². The molecule has 0 aliphatic carbocycles. The summed E-state index contributed by atoms with van der Waals surface area (Å²) in [5, 5.41) is 14.5. The summed E-state index contributed by atoms with van der Waals surface area (Å²) in [6.45, 7) is 7.05. The summed E-state index contributed by atoms with van der Waals surface area (Å²) in [7, 11) is 2.86. The summed E-state index contributed by atoms with van der Waals surface area (Å²) >= 11 is 0. The van der Waals surface area contributed by atoms with Gasteiger partial charge < -0.3 is 25.2 Å². The number of hydrogen-bond donors (Lipinski definition) is 3. The van der Waals surface area contributed by atoms with Crippen molar-refractivity contribution in [1.82, 2.24) is 5.32 Å². The number of carbonyl (C=O) groups is 3. The van der Waals surface area contributed by atoms with Crippen molar-refractivity contribution in [3.05, 3.63) is 17.7 Å². The van der Waals surface area contributed by atoms with Gasteiger partial charge in [0.25, 0.3) is 5.91 Å². The Morgan fingerprint density at radius 1 is 1.11 bits per heavy atom. The number of benzene rings is 1. The second kappa shape index (κ2) is 9.25. The lowest BCUT2D eigenvalue weighted by Gasteiger charge is -2.21. The first-order valence-electron chi connectivity index (χ1n) is 8.66. The number of carboxylic acid groups (broad SMARTS) is 1. The van der Waals surface area contributed by atoms with Crippen LogP contribution in [0.25, 0.3) is 0 Å². The Bertz CT molecular complexity index is 709. The van der Waals surface area contributed by atoms with Gasteiger partial charge in [-0.05, 0) is 12.5 Å². The van der Waals surface area contributed by atoms with Crippen LogP contribution < -0.4 is 20.1 Å². The van der Waals surface area contributed by atoms with Gasteiger partial charge in [0.2, 0.25) is 5.91 Å². The van der Waals surface area contributed by atoms with Crippen LogP contribution in [0.3, 0.4) is 0 Å². The molecule has 0 aliphatic rings. The Labute approximate surface area is 159 Å². The summed E-state index contributed by atoms with van der Waals surface area (Å²) in [6, 6.07) is 1.87. The van der Waals surface area contributed by atoms with Crippen LogP contribution in [0.2, 0.25) is 0 Å². The molecule has 1 aromatic carbocycles.